The molecule has 1 atom stereocenters. The Hall–Kier alpha value is -5.58. The van der Waals surface area contributed by atoms with E-state index in [4.69, 9.17) is 9.47 Å². The molecule has 2 fully saturated rings. The molecule has 0 aromatic heterocycles. The molecule has 0 amide bonds. The molecule has 0 spiro atoms. The molecule has 0 unspecified atom stereocenters. The summed E-state index contributed by atoms with van der Waals surface area (Å²) in [4.78, 5) is 46.5. The summed E-state index contributed by atoms with van der Waals surface area (Å²) in [5, 5.41) is 22.7. The number of carboxylic acid groups (broad SMARTS) is 2. The first kappa shape index (κ1) is 58.7. The lowest BCUT2D eigenvalue weighted by Gasteiger charge is -2.22. The van der Waals surface area contributed by atoms with Crippen molar-refractivity contribution in [3.63, 3.8) is 0 Å². The number of ether oxygens (including phenoxy) is 2. The highest BCUT2D eigenvalue weighted by molar-refractivity contribution is 5.91. The monoisotopic (exact) mass is 961 g/mol. The molecule has 2 aliphatic rings. The summed E-state index contributed by atoms with van der Waals surface area (Å²) in [6, 6.07) is 34.5. The zero-order valence-corrected chi connectivity index (χ0v) is 43.7. The average molecular weight is 961 g/mol. The van der Waals surface area contributed by atoms with Gasteiger partial charge in [-0.1, -0.05) is 116 Å². The van der Waals surface area contributed by atoms with E-state index in [1.54, 1.807) is 47.6 Å². The molecule has 0 radical (unpaired) electrons. The van der Waals surface area contributed by atoms with Gasteiger partial charge in [-0.15, -0.1) is 0 Å². The molecule has 0 saturated heterocycles. The number of carbonyl (C=O) groups is 4. The van der Waals surface area contributed by atoms with Gasteiger partial charge in [0.15, 0.2) is 0 Å². The second-order valence-corrected chi connectivity index (χ2v) is 21.1. The molecule has 10 heteroatoms. The highest BCUT2D eigenvalue weighted by atomic mass is 16.6. The molecule has 2 aliphatic carbocycles. The number of allylic oxidation sites excluding steroid dienone is 1. The molecule has 6 rings (SSSR count). The van der Waals surface area contributed by atoms with Crippen molar-refractivity contribution in [3.05, 3.63) is 131 Å². The van der Waals surface area contributed by atoms with E-state index in [0.717, 1.165) is 29.6 Å². The van der Waals surface area contributed by atoms with Crippen LogP contribution >= 0.6 is 0 Å². The lowest BCUT2D eigenvalue weighted by Crippen LogP contribution is -2.61. The summed E-state index contributed by atoms with van der Waals surface area (Å²) in [6.07, 6.45) is 18.2. The number of hydrogen-bond acceptors (Lipinski definition) is 8. The molecular weight excluding hydrogens is 877 g/mol. The molecule has 382 valence electrons. The normalized spacial score (nSPS) is 14.8. The Bertz CT molecular complexity index is 2210. The van der Waals surface area contributed by atoms with Gasteiger partial charge in [0.05, 0.1) is 30.9 Å². The van der Waals surface area contributed by atoms with Gasteiger partial charge in [-0.2, -0.15) is 0 Å². The fourth-order valence-electron chi connectivity index (χ4n) is 8.63. The molecule has 10 nitrogen and oxygen atoms in total. The van der Waals surface area contributed by atoms with Crippen molar-refractivity contribution in [2.75, 3.05) is 0 Å². The van der Waals surface area contributed by atoms with E-state index in [0.29, 0.717) is 25.7 Å². The van der Waals surface area contributed by atoms with Crippen LogP contribution in [-0.2, 0) is 41.5 Å². The minimum Gasteiger partial charge on any atom is -0.550 e. The van der Waals surface area contributed by atoms with Crippen LogP contribution in [0, 0.1) is 19.8 Å². The van der Waals surface area contributed by atoms with Crippen LogP contribution in [-0.4, -0.2) is 47.2 Å². The van der Waals surface area contributed by atoms with E-state index in [1.807, 2.05) is 36.4 Å². The predicted octanol–water partition coefficient (Wildman–Crippen LogP) is 9.21. The Morgan fingerprint density at radius 1 is 0.614 bits per heavy atom. The van der Waals surface area contributed by atoms with E-state index < -0.39 is 41.0 Å². The van der Waals surface area contributed by atoms with Gasteiger partial charge in [0, 0.05) is 11.9 Å². The van der Waals surface area contributed by atoms with Crippen molar-refractivity contribution < 1.29 is 50.3 Å². The number of esters is 2. The smallest absolute Gasteiger partial charge is 0.310 e. The van der Waals surface area contributed by atoms with E-state index in [1.165, 1.54) is 97.6 Å². The number of benzene rings is 4. The average Bonchev–Trinajstić information content (AvgIpc) is 3.29. The van der Waals surface area contributed by atoms with E-state index >= 15 is 0 Å². The topological polar surface area (TPSA) is 188 Å². The minimum atomic E-state index is -1.33. The fourth-order valence-corrected chi connectivity index (χ4v) is 8.63. The number of aryl methyl sites for hydroxylation is 4. The van der Waals surface area contributed by atoms with Gasteiger partial charge in [-0.25, -0.2) is 0 Å². The zero-order chi connectivity index (χ0) is 51.7. The van der Waals surface area contributed by atoms with Gasteiger partial charge < -0.3 is 40.7 Å². The van der Waals surface area contributed by atoms with Crippen LogP contribution in [0.15, 0.2) is 109 Å². The van der Waals surface area contributed by atoms with Crippen molar-refractivity contribution in [3.8, 4) is 22.3 Å². The first-order chi connectivity index (χ1) is 33.1. The Labute approximate surface area is 419 Å². The molecular formula is C60H84N2O8. The molecule has 6 N–H and O–H groups in total. The Kier molecular flexibility index (Phi) is 25.4. The second kappa shape index (κ2) is 30.2. The lowest BCUT2D eigenvalue weighted by molar-refractivity contribution is -0.425. The Balaban J connectivity index is 0.000000289. The third-order valence-corrected chi connectivity index (χ3v) is 12.2. The molecule has 4 aromatic carbocycles. The highest BCUT2D eigenvalue weighted by Crippen LogP contribution is 2.27. The summed E-state index contributed by atoms with van der Waals surface area (Å²) < 4.78 is 10.4. The van der Waals surface area contributed by atoms with Gasteiger partial charge in [0.1, 0.15) is 11.2 Å². The predicted molar refractivity (Wildman–Crippen MR) is 277 cm³/mol. The quantitative estimate of drug-likeness (QED) is 0.0871. The summed E-state index contributed by atoms with van der Waals surface area (Å²) in [7, 11) is 0. The van der Waals surface area contributed by atoms with Crippen LogP contribution in [0.4, 0.5) is 0 Å². The van der Waals surface area contributed by atoms with Crippen LogP contribution in [0.1, 0.15) is 160 Å². The van der Waals surface area contributed by atoms with Crippen LogP contribution in [0.2, 0.25) is 0 Å². The van der Waals surface area contributed by atoms with Crippen molar-refractivity contribution in [2.24, 2.45) is 5.92 Å². The number of hydrogen-bond donors (Lipinski definition) is 2. The fraction of sp³-hybridized carbons (Fsp3) is 0.500. The van der Waals surface area contributed by atoms with Gasteiger partial charge in [-0.05, 0) is 189 Å². The third-order valence-electron chi connectivity index (χ3n) is 12.2. The van der Waals surface area contributed by atoms with Gasteiger partial charge in [0.2, 0.25) is 0 Å². The van der Waals surface area contributed by atoms with E-state index in [9.17, 15) is 29.4 Å². The third kappa shape index (κ3) is 24.3. The maximum atomic E-state index is 11.9. The van der Waals surface area contributed by atoms with Crippen LogP contribution in [0.3, 0.4) is 0 Å². The minimum absolute atomic E-state index is 0.0353. The molecule has 0 bridgehead atoms. The zero-order valence-electron chi connectivity index (χ0n) is 43.7. The molecule has 4 aromatic rings. The standard InChI is InChI=1S/C24H30O4.C24H28O4.2C6H13N/c2*1-17-15-18(13-14-21(17)19-10-6-5-7-11-19)9-8-12-20(23(26)27)16-22(25)28-24(2,3)4;2*7-6-4-2-1-3-5-6/h5-7,10-11,13-15,20H,8-9,12,16H2,1-4H3,(H,26,27);5-7,10-15H,8-9,16H2,1-4H3,(H,26,27);2*6H,1-5,7H2/b;20-12+;;/t20-;;;/m1.../s1. The highest BCUT2D eigenvalue weighted by Gasteiger charge is 2.22. The van der Waals surface area contributed by atoms with Crippen LogP contribution < -0.4 is 21.7 Å². The molecule has 70 heavy (non-hydrogen) atoms. The number of aliphatic carboxylic acids is 2. The van der Waals surface area contributed by atoms with Crippen molar-refractivity contribution >= 4 is 23.9 Å². The molecule has 0 heterocycles. The number of quaternary nitrogens is 2. The van der Waals surface area contributed by atoms with Crippen LogP contribution in [0.5, 0.6) is 0 Å². The van der Waals surface area contributed by atoms with Gasteiger partial charge in [0.25, 0.3) is 0 Å². The summed E-state index contributed by atoms with van der Waals surface area (Å²) >= 11 is 0. The van der Waals surface area contributed by atoms with Gasteiger partial charge in [-0.3, -0.25) is 9.59 Å². The SMILES string of the molecule is Cc1cc(CC/C=C(\CC(=O)OC(C)(C)C)C(=O)[O-])ccc1-c1ccccc1.Cc1cc(CCC[C@H](CC(=O)OC(C)(C)C)C(=O)[O-])ccc1-c1ccccc1.[NH3+]C1CCCCC1.[NH3+]C1CCCCC1. The van der Waals surface area contributed by atoms with E-state index in [2.05, 4.69) is 86.0 Å². The first-order valence-electron chi connectivity index (χ1n) is 25.6. The van der Waals surface area contributed by atoms with Crippen molar-refractivity contribution in [1.82, 2.24) is 0 Å². The number of carboxylic acids is 2. The number of carbonyl (C=O) groups excluding carboxylic acids is 4. The number of rotatable bonds is 15. The lowest BCUT2D eigenvalue weighted by atomic mass is 9.94. The van der Waals surface area contributed by atoms with E-state index in [-0.39, 0.29) is 18.4 Å². The van der Waals surface area contributed by atoms with Crippen molar-refractivity contribution in [2.45, 2.75) is 188 Å². The largest absolute Gasteiger partial charge is 0.550 e. The second-order valence-electron chi connectivity index (χ2n) is 21.1. The molecule has 2 saturated carbocycles. The van der Waals surface area contributed by atoms with Crippen molar-refractivity contribution in [1.29, 1.82) is 0 Å². The Morgan fingerprint density at radius 3 is 1.41 bits per heavy atom. The summed E-state index contributed by atoms with van der Waals surface area (Å²) in [6.45, 7) is 14.7. The Morgan fingerprint density at radius 2 is 1.04 bits per heavy atom. The summed E-state index contributed by atoms with van der Waals surface area (Å²) in [5.74, 6) is -4.40. The first-order valence-corrected chi connectivity index (χ1v) is 25.6. The van der Waals surface area contributed by atoms with Gasteiger partial charge >= 0.3 is 11.9 Å². The maximum Gasteiger partial charge on any atom is 0.310 e. The summed E-state index contributed by atoms with van der Waals surface area (Å²) in [5.41, 5.74) is 16.1. The van der Waals surface area contributed by atoms with Crippen LogP contribution in [0.25, 0.3) is 22.3 Å². The molecule has 0 aliphatic heterocycles. The maximum absolute atomic E-state index is 11.9.